The van der Waals surface area contributed by atoms with Gasteiger partial charge < -0.3 is 5.73 Å². The molecule has 1 saturated carbocycles. The van der Waals surface area contributed by atoms with Crippen LogP contribution < -0.4 is 5.73 Å². The van der Waals surface area contributed by atoms with Crippen molar-refractivity contribution < 1.29 is 0 Å². The summed E-state index contributed by atoms with van der Waals surface area (Å²) in [5.74, 6) is 1.70. The fourth-order valence-corrected chi connectivity index (χ4v) is 2.22. The molecule has 0 aromatic heterocycles. The molecule has 1 heteroatoms. The van der Waals surface area contributed by atoms with Crippen LogP contribution in [-0.4, -0.2) is 6.04 Å². The monoisotopic (exact) mass is 155 g/mol. The van der Waals surface area contributed by atoms with Gasteiger partial charge in [-0.25, -0.2) is 0 Å². The molecule has 0 amide bonds. The van der Waals surface area contributed by atoms with Crippen LogP contribution in [0.2, 0.25) is 0 Å². The first-order valence-electron chi connectivity index (χ1n) is 4.99. The predicted molar refractivity (Wildman–Crippen MR) is 49.4 cm³/mol. The second kappa shape index (κ2) is 4.10. The highest BCUT2D eigenvalue weighted by atomic mass is 14.7. The molecular weight excluding hydrogens is 134 g/mol. The summed E-state index contributed by atoms with van der Waals surface area (Å²) in [6, 6.07) is 0.499. The van der Waals surface area contributed by atoms with Crippen LogP contribution >= 0.6 is 0 Å². The lowest BCUT2D eigenvalue weighted by Crippen LogP contribution is -2.35. The number of rotatable bonds is 2. The van der Waals surface area contributed by atoms with Gasteiger partial charge in [0, 0.05) is 6.04 Å². The first kappa shape index (κ1) is 9.05. The zero-order chi connectivity index (χ0) is 8.27. The molecule has 0 spiro atoms. The lowest BCUT2D eigenvalue weighted by molar-refractivity contribution is 0.237. The zero-order valence-corrected chi connectivity index (χ0v) is 7.84. The van der Waals surface area contributed by atoms with Gasteiger partial charge in [-0.3, -0.25) is 0 Å². The average molecular weight is 155 g/mol. The van der Waals surface area contributed by atoms with Gasteiger partial charge in [0.2, 0.25) is 0 Å². The summed E-state index contributed by atoms with van der Waals surface area (Å²) in [7, 11) is 0. The Bertz CT molecular complexity index is 111. The van der Waals surface area contributed by atoms with Crippen LogP contribution in [0.3, 0.4) is 0 Å². The van der Waals surface area contributed by atoms with E-state index in [1.807, 2.05) is 0 Å². The van der Waals surface area contributed by atoms with E-state index in [0.717, 1.165) is 11.8 Å². The summed E-state index contributed by atoms with van der Waals surface area (Å²) >= 11 is 0. The summed E-state index contributed by atoms with van der Waals surface area (Å²) in [4.78, 5) is 0. The topological polar surface area (TPSA) is 26.0 Å². The fraction of sp³-hybridized carbons (Fsp3) is 1.00. The third-order valence-corrected chi connectivity index (χ3v) is 2.97. The summed E-state index contributed by atoms with van der Waals surface area (Å²) in [6.45, 7) is 4.58. The molecule has 0 aromatic carbocycles. The summed E-state index contributed by atoms with van der Waals surface area (Å²) in [5.41, 5.74) is 6.06. The first-order chi connectivity index (χ1) is 5.24. The molecule has 11 heavy (non-hydrogen) atoms. The van der Waals surface area contributed by atoms with Gasteiger partial charge >= 0.3 is 0 Å². The van der Waals surface area contributed by atoms with Gasteiger partial charge in [0.1, 0.15) is 0 Å². The Morgan fingerprint density at radius 3 is 2.64 bits per heavy atom. The van der Waals surface area contributed by atoms with Gasteiger partial charge in [-0.15, -0.1) is 0 Å². The summed E-state index contributed by atoms with van der Waals surface area (Å²) in [5, 5.41) is 0. The van der Waals surface area contributed by atoms with Gasteiger partial charge in [-0.05, 0) is 31.1 Å². The quantitative estimate of drug-likeness (QED) is 0.651. The van der Waals surface area contributed by atoms with Crippen molar-refractivity contribution in [1.29, 1.82) is 0 Å². The van der Waals surface area contributed by atoms with Gasteiger partial charge in [0.15, 0.2) is 0 Å². The van der Waals surface area contributed by atoms with Crippen LogP contribution in [0, 0.1) is 11.8 Å². The van der Waals surface area contributed by atoms with Crippen LogP contribution in [-0.2, 0) is 0 Å². The molecule has 3 atom stereocenters. The van der Waals surface area contributed by atoms with E-state index in [1.54, 1.807) is 0 Å². The Morgan fingerprint density at radius 1 is 1.36 bits per heavy atom. The van der Waals surface area contributed by atoms with Crippen molar-refractivity contribution in [3.63, 3.8) is 0 Å². The third-order valence-electron chi connectivity index (χ3n) is 2.97. The van der Waals surface area contributed by atoms with Crippen molar-refractivity contribution >= 4 is 0 Å². The van der Waals surface area contributed by atoms with Crippen molar-refractivity contribution in [3.05, 3.63) is 0 Å². The molecule has 1 nitrogen and oxygen atoms in total. The average Bonchev–Trinajstić information content (AvgIpc) is 1.95. The first-order valence-corrected chi connectivity index (χ1v) is 4.99. The van der Waals surface area contributed by atoms with Crippen LogP contribution in [0.15, 0.2) is 0 Å². The number of hydrogen-bond acceptors (Lipinski definition) is 1. The van der Waals surface area contributed by atoms with Crippen LogP contribution in [0.5, 0.6) is 0 Å². The maximum absolute atomic E-state index is 6.06. The second-order valence-corrected chi connectivity index (χ2v) is 4.13. The van der Waals surface area contributed by atoms with Crippen molar-refractivity contribution in [2.75, 3.05) is 0 Å². The smallest absolute Gasteiger partial charge is 0.00696 e. The summed E-state index contributed by atoms with van der Waals surface area (Å²) < 4.78 is 0. The fourth-order valence-electron chi connectivity index (χ4n) is 2.22. The van der Waals surface area contributed by atoms with Gasteiger partial charge in [0.25, 0.3) is 0 Å². The highest BCUT2D eigenvalue weighted by Crippen LogP contribution is 2.30. The van der Waals surface area contributed by atoms with E-state index in [9.17, 15) is 0 Å². The van der Waals surface area contributed by atoms with Crippen LogP contribution in [0.4, 0.5) is 0 Å². The standard InChI is InChI=1S/C10H21N/c1-3-4-9-6-5-8(2)7-10(9)11/h8-10H,3-7,11H2,1-2H3/t8-,9+,10-/m0/s1. The minimum absolute atomic E-state index is 0.499. The molecule has 0 bridgehead atoms. The molecule has 0 heterocycles. The highest BCUT2D eigenvalue weighted by molar-refractivity contribution is 4.80. The minimum atomic E-state index is 0.499. The zero-order valence-electron chi connectivity index (χ0n) is 7.84. The Hall–Kier alpha value is -0.0400. The molecule has 0 saturated heterocycles. The molecule has 0 radical (unpaired) electrons. The maximum Gasteiger partial charge on any atom is 0.00696 e. The molecule has 0 aliphatic heterocycles. The van der Waals surface area contributed by atoms with Gasteiger partial charge in [-0.2, -0.15) is 0 Å². The molecule has 1 aliphatic rings. The van der Waals surface area contributed by atoms with E-state index < -0.39 is 0 Å². The van der Waals surface area contributed by atoms with Gasteiger partial charge in [-0.1, -0.05) is 26.7 Å². The Labute approximate surface area is 70.4 Å². The highest BCUT2D eigenvalue weighted by Gasteiger charge is 2.24. The van der Waals surface area contributed by atoms with E-state index >= 15 is 0 Å². The molecule has 1 aliphatic carbocycles. The van der Waals surface area contributed by atoms with E-state index in [-0.39, 0.29) is 0 Å². The van der Waals surface area contributed by atoms with Crippen LogP contribution in [0.25, 0.3) is 0 Å². The molecule has 1 rings (SSSR count). The van der Waals surface area contributed by atoms with E-state index in [0.29, 0.717) is 6.04 Å². The molecular formula is C10H21N. The van der Waals surface area contributed by atoms with Crippen molar-refractivity contribution in [3.8, 4) is 0 Å². The largest absolute Gasteiger partial charge is 0.327 e. The maximum atomic E-state index is 6.06. The normalized spacial score (nSPS) is 39.0. The minimum Gasteiger partial charge on any atom is -0.327 e. The number of nitrogens with two attached hydrogens (primary N) is 1. The van der Waals surface area contributed by atoms with Crippen molar-refractivity contribution in [2.45, 2.75) is 52.0 Å². The van der Waals surface area contributed by atoms with E-state index in [1.165, 1.54) is 32.1 Å². The SMILES string of the molecule is CCC[C@@H]1CC[C@H](C)C[C@@H]1N. The predicted octanol–water partition coefficient (Wildman–Crippen LogP) is 2.55. The molecule has 2 N–H and O–H groups in total. The van der Waals surface area contributed by atoms with Crippen molar-refractivity contribution in [1.82, 2.24) is 0 Å². The lowest BCUT2D eigenvalue weighted by Gasteiger charge is -2.32. The summed E-state index contributed by atoms with van der Waals surface area (Å²) in [6.07, 6.45) is 6.67. The molecule has 1 fully saturated rings. The Balaban J connectivity index is 2.31. The van der Waals surface area contributed by atoms with E-state index in [2.05, 4.69) is 13.8 Å². The molecule has 0 aromatic rings. The number of hydrogen-bond donors (Lipinski definition) is 1. The Morgan fingerprint density at radius 2 is 2.09 bits per heavy atom. The lowest BCUT2D eigenvalue weighted by atomic mass is 9.77. The van der Waals surface area contributed by atoms with Crippen molar-refractivity contribution in [2.24, 2.45) is 17.6 Å². The third kappa shape index (κ3) is 2.48. The Kier molecular flexibility index (Phi) is 3.38. The van der Waals surface area contributed by atoms with Gasteiger partial charge in [0.05, 0.1) is 0 Å². The molecule has 66 valence electrons. The van der Waals surface area contributed by atoms with E-state index in [4.69, 9.17) is 5.73 Å². The second-order valence-electron chi connectivity index (χ2n) is 4.13. The van der Waals surface area contributed by atoms with Crippen LogP contribution in [0.1, 0.15) is 46.0 Å². The molecule has 0 unspecified atom stereocenters.